The summed E-state index contributed by atoms with van der Waals surface area (Å²) in [4.78, 5) is 39.0. The van der Waals surface area contributed by atoms with Crippen LogP contribution in [0.3, 0.4) is 0 Å². The number of esters is 1. The molecular weight excluding hydrogens is 388 g/mol. The summed E-state index contributed by atoms with van der Waals surface area (Å²) in [5, 5.41) is 9.75. The molecule has 1 aromatic carbocycles. The van der Waals surface area contributed by atoms with Crippen molar-refractivity contribution < 1.29 is 23.9 Å². The second-order valence-corrected chi connectivity index (χ2v) is 7.90. The number of carbonyl (C=O) groups is 3. The van der Waals surface area contributed by atoms with Crippen molar-refractivity contribution in [2.24, 2.45) is 0 Å². The normalized spacial score (nSPS) is 13.4. The van der Waals surface area contributed by atoms with Crippen molar-refractivity contribution in [2.45, 2.75) is 46.3 Å². The number of nitrogens with zero attached hydrogens (tertiary/aromatic N) is 2. The molecule has 2 amide bonds. The van der Waals surface area contributed by atoms with E-state index in [1.54, 1.807) is 56.9 Å². The smallest absolute Gasteiger partial charge is 0.410 e. The molecule has 1 aliphatic rings. The molecule has 2 N–H and O–H groups in total. The molecule has 0 saturated carbocycles. The molecule has 2 aromatic rings. The van der Waals surface area contributed by atoms with Gasteiger partial charge in [0.05, 0.1) is 24.4 Å². The lowest BCUT2D eigenvalue weighted by atomic mass is 10.0. The van der Waals surface area contributed by atoms with Crippen LogP contribution in [0.1, 0.15) is 59.8 Å². The number of hydrogen-bond acceptors (Lipinski definition) is 6. The SMILES string of the molecule is CCOC(=O)c1ccccc1NC(=O)c1n[nH]c2c1CN(C(=O)OC(C)(C)C)CC2. The van der Waals surface area contributed by atoms with Gasteiger partial charge in [-0.3, -0.25) is 9.89 Å². The molecule has 0 aliphatic carbocycles. The second-order valence-electron chi connectivity index (χ2n) is 7.90. The van der Waals surface area contributed by atoms with E-state index in [2.05, 4.69) is 15.5 Å². The van der Waals surface area contributed by atoms with Crippen molar-refractivity contribution in [2.75, 3.05) is 18.5 Å². The van der Waals surface area contributed by atoms with Crippen molar-refractivity contribution in [1.29, 1.82) is 0 Å². The molecule has 0 fully saturated rings. The summed E-state index contributed by atoms with van der Waals surface area (Å²) in [6.45, 7) is 8.04. The third kappa shape index (κ3) is 4.79. The van der Waals surface area contributed by atoms with Crippen molar-refractivity contribution in [3.8, 4) is 0 Å². The fraction of sp³-hybridized carbons (Fsp3) is 0.429. The summed E-state index contributed by atoms with van der Waals surface area (Å²) in [7, 11) is 0. The van der Waals surface area contributed by atoms with E-state index in [1.165, 1.54) is 0 Å². The van der Waals surface area contributed by atoms with E-state index < -0.39 is 23.6 Å². The molecule has 1 aliphatic heterocycles. The first kappa shape index (κ1) is 21.4. The van der Waals surface area contributed by atoms with Gasteiger partial charge in [0.15, 0.2) is 5.69 Å². The highest BCUT2D eigenvalue weighted by molar-refractivity contribution is 6.07. The van der Waals surface area contributed by atoms with E-state index in [-0.39, 0.29) is 24.4 Å². The van der Waals surface area contributed by atoms with Gasteiger partial charge in [-0.1, -0.05) is 12.1 Å². The van der Waals surface area contributed by atoms with Crippen molar-refractivity contribution in [1.82, 2.24) is 15.1 Å². The van der Waals surface area contributed by atoms with Crippen LogP contribution in [0.2, 0.25) is 0 Å². The minimum absolute atomic E-state index is 0.178. The molecule has 3 rings (SSSR count). The van der Waals surface area contributed by atoms with Gasteiger partial charge in [-0.25, -0.2) is 9.59 Å². The average molecular weight is 414 g/mol. The van der Waals surface area contributed by atoms with Gasteiger partial charge in [-0.05, 0) is 39.8 Å². The second kappa shape index (κ2) is 8.56. The molecule has 0 radical (unpaired) electrons. The molecule has 0 saturated heterocycles. The van der Waals surface area contributed by atoms with E-state index in [9.17, 15) is 14.4 Å². The van der Waals surface area contributed by atoms with Gasteiger partial charge in [0.1, 0.15) is 5.60 Å². The van der Waals surface area contributed by atoms with Crippen LogP contribution in [-0.4, -0.2) is 51.8 Å². The Morgan fingerprint density at radius 3 is 2.67 bits per heavy atom. The Morgan fingerprint density at radius 2 is 1.97 bits per heavy atom. The number of nitrogens with one attached hydrogen (secondary N) is 2. The van der Waals surface area contributed by atoms with E-state index in [0.29, 0.717) is 24.2 Å². The van der Waals surface area contributed by atoms with E-state index in [0.717, 1.165) is 5.69 Å². The Morgan fingerprint density at radius 1 is 1.23 bits per heavy atom. The van der Waals surface area contributed by atoms with Crippen molar-refractivity contribution >= 4 is 23.7 Å². The Bertz CT molecular complexity index is 961. The van der Waals surface area contributed by atoms with Gasteiger partial charge < -0.3 is 19.7 Å². The van der Waals surface area contributed by atoms with Crippen LogP contribution in [0.5, 0.6) is 0 Å². The summed E-state index contributed by atoms with van der Waals surface area (Å²) in [5.41, 5.74) is 1.60. The summed E-state index contributed by atoms with van der Waals surface area (Å²) in [5.74, 6) is -0.996. The molecule has 1 aromatic heterocycles. The van der Waals surface area contributed by atoms with Crippen LogP contribution >= 0.6 is 0 Å². The molecule has 160 valence electrons. The highest BCUT2D eigenvalue weighted by atomic mass is 16.6. The van der Waals surface area contributed by atoms with E-state index >= 15 is 0 Å². The maximum atomic E-state index is 12.9. The highest BCUT2D eigenvalue weighted by Gasteiger charge is 2.30. The fourth-order valence-electron chi connectivity index (χ4n) is 3.13. The molecule has 9 nitrogen and oxygen atoms in total. The first-order valence-electron chi connectivity index (χ1n) is 9.81. The number of rotatable bonds is 4. The third-order valence-corrected chi connectivity index (χ3v) is 4.47. The maximum absolute atomic E-state index is 12.9. The summed E-state index contributed by atoms with van der Waals surface area (Å²) >= 11 is 0. The van der Waals surface area contributed by atoms with E-state index in [4.69, 9.17) is 9.47 Å². The van der Waals surface area contributed by atoms with Crippen LogP contribution in [0.25, 0.3) is 0 Å². The summed E-state index contributed by atoms with van der Waals surface area (Å²) < 4.78 is 10.5. The Hall–Kier alpha value is -3.36. The zero-order chi connectivity index (χ0) is 21.9. The lowest BCUT2D eigenvalue weighted by molar-refractivity contribution is 0.0222. The van der Waals surface area contributed by atoms with Crippen LogP contribution in [0, 0.1) is 0 Å². The zero-order valence-electron chi connectivity index (χ0n) is 17.6. The lowest BCUT2D eigenvalue weighted by Crippen LogP contribution is -2.40. The van der Waals surface area contributed by atoms with Crippen LogP contribution in [0.15, 0.2) is 24.3 Å². The maximum Gasteiger partial charge on any atom is 0.410 e. The number of anilines is 1. The fourth-order valence-corrected chi connectivity index (χ4v) is 3.13. The lowest BCUT2D eigenvalue weighted by Gasteiger charge is -2.30. The first-order chi connectivity index (χ1) is 14.2. The minimum Gasteiger partial charge on any atom is -0.462 e. The van der Waals surface area contributed by atoms with Crippen LogP contribution in [0.4, 0.5) is 10.5 Å². The quantitative estimate of drug-likeness (QED) is 0.743. The minimum atomic E-state index is -0.606. The molecule has 30 heavy (non-hydrogen) atoms. The molecular formula is C21H26N4O5. The number of aromatic nitrogens is 2. The van der Waals surface area contributed by atoms with Crippen LogP contribution in [-0.2, 0) is 22.4 Å². The molecule has 0 unspecified atom stereocenters. The van der Waals surface area contributed by atoms with Crippen LogP contribution < -0.4 is 5.32 Å². The molecule has 0 spiro atoms. The molecule has 2 heterocycles. The number of H-pyrrole nitrogens is 1. The van der Waals surface area contributed by atoms with Gasteiger partial charge in [-0.2, -0.15) is 5.10 Å². The molecule has 9 heteroatoms. The Labute approximate surface area is 174 Å². The van der Waals surface area contributed by atoms with E-state index in [1.807, 2.05) is 0 Å². The number of aromatic amines is 1. The topological polar surface area (TPSA) is 114 Å². The summed E-state index contributed by atoms with van der Waals surface area (Å²) in [6, 6.07) is 6.60. The van der Waals surface area contributed by atoms with Gasteiger partial charge in [0, 0.05) is 24.2 Å². The van der Waals surface area contributed by atoms with Gasteiger partial charge >= 0.3 is 12.1 Å². The van der Waals surface area contributed by atoms with Gasteiger partial charge in [0.2, 0.25) is 0 Å². The van der Waals surface area contributed by atoms with Gasteiger partial charge in [0.25, 0.3) is 5.91 Å². The Balaban J connectivity index is 1.79. The van der Waals surface area contributed by atoms with Gasteiger partial charge in [-0.15, -0.1) is 0 Å². The molecule has 0 atom stereocenters. The average Bonchev–Trinajstić information content (AvgIpc) is 3.10. The largest absolute Gasteiger partial charge is 0.462 e. The number of para-hydroxylation sites is 1. The molecule has 0 bridgehead atoms. The standard InChI is InChI=1S/C21H26N4O5/c1-5-29-19(27)13-8-6-7-9-15(13)22-18(26)17-14-12-25(11-10-16(14)23-24-17)20(28)30-21(2,3)4/h6-9H,5,10-12H2,1-4H3,(H,22,26)(H,23,24). The summed E-state index contributed by atoms with van der Waals surface area (Å²) in [6.07, 6.45) is 0.0993. The predicted octanol–water partition coefficient (Wildman–Crippen LogP) is 3.13. The number of hydrogen-bond donors (Lipinski definition) is 2. The number of carbonyl (C=O) groups excluding carboxylic acids is 3. The first-order valence-corrected chi connectivity index (χ1v) is 9.81. The van der Waals surface area contributed by atoms with Crippen molar-refractivity contribution in [3.05, 3.63) is 46.8 Å². The highest BCUT2D eigenvalue weighted by Crippen LogP contribution is 2.24. The number of amides is 2. The van der Waals surface area contributed by atoms with Crippen molar-refractivity contribution in [3.63, 3.8) is 0 Å². The Kier molecular flexibility index (Phi) is 6.09. The number of ether oxygens (including phenoxy) is 2. The third-order valence-electron chi connectivity index (χ3n) is 4.47. The monoisotopic (exact) mass is 414 g/mol. The number of fused-ring (bicyclic) bond motifs is 1. The zero-order valence-corrected chi connectivity index (χ0v) is 17.6. The predicted molar refractivity (Wildman–Crippen MR) is 109 cm³/mol. The number of benzene rings is 1.